The van der Waals surface area contributed by atoms with Crippen molar-refractivity contribution in [1.82, 2.24) is 5.32 Å². The molecule has 0 atom stereocenters. The van der Waals surface area contributed by atoms with Crippen molar-refractivity contribution in [2.45, 2.75) is 46.1 Å². The van der Waals surface area contributed by atoms with Gasteiger partial charge in [-0.2, -0.15) is 0 Å². The van der Waals surface area contributed by atoms with Gasteiger partial charge in [0.1, 0.15) is 0 Å². The van der Waals surface area contributed by atoms with Gasteiger partial charge in [0.05, 0.1) is 6.61 Å². The second-order valence-electron chi connectivity index (χ2n) is 8.49. The van der Waals surface area contributed by atoms with Gasteiger partial charge in [0.2, 0.25) is 0 Å². The summed E-state index contributed by atoms with van der Waals surface area (Å²) in [6.45, 7) is 10.4. The molecule has 0 spiro atoms. The first-order valence-corrected chi connectivity index (χ1v) is 11.7. The number of anilines is 1. The molecule has 0 heterocycles. The molecule has 4 nitrogen and oxygen atoms in total. The van der Waals surface area contributed by atoms with Gasteiger partial charge in [-0.3, -0.25) is 4.79 Å². The summed E-state index contributed by atoms with van der Waals surface area (Å²) in [6.07, 6.45) is 7.05. The smallest absolute Gasteiger partial charge is 0.251 e. The van der Waals surface area contributed by atoms with E-state index in [-0.39, 0.29) is 5.91 Å². The third kappa shape index (κ3) is 6.57. The molecular weight excluding hydrogens is 396 g/mol. The van der Waals surface area contributed by atoms with E-state index < -0.39 is 0 Å². The molecular formula is C28H36N2O2. The molecule has 3 rings (SSSR count). The molecule has 2 aromatic rings. The summed E-state index contributed by atoms with van der Waals surface area (Å²) in [6, 6.07) is 14.0. The molecule has 1 saturated carbocycles. The van der Waals surface area contributed by atoms with Crippen molar-refractivity contribution in [1.29, 1.82) is 0 Å². The van der Waals surface area contributed by atoms with Crippen LogP contribution in [0, 0.1) is 5.92 Å². The lowest BCUT2D eigenvalue weighted by atomic mass is 9.94. The number of carbonyl (C=O) groups excluding carboxylic acids is 1. The third-order valence-corrected chi connectivity index (χ3v) is 5.78. The van der Waals surface area contributed by atoms with E-state index in [1.807, 2.05) is 42.5 Å². The highest BCUT2D eigenvalue weighted by molar-refractivity contribution is 5.95. The van der Waals surface area contributed by atoms with Crippen LogP contribution in [0.5, 0.6) is 0 Å². The highest BCUT2D eigenvalue weighted by Crippen LogP contribution is 2.40. The maximum Gasteiger partial charge on any atom is 0.251 e. The van der Waals surface area contributed by atoms with E-state index in [9.17, 15) is 4.79 Å². The Morgan fingerprint density at radius 2 is 1.91 bits per heavy atom. The Morgan fingerprint density at radius 3 is 2.53 bits per heavy atom. The van der Waals surface area contributed by atoms with Crippen molar-refractivity contribution in [2.75, 3.05) is 25.6 Å². The van der Waals surface area contributed by atoms with E-state index in [0.717, 1.165) is 47.3 Å². The summed E-state index contributed by atoms with van der Waals surface area (Å²) in [7, 11) is 1.68. The SMILES string of the molecule is C=C(COC)c1ccc(C(=O)NCc2ccc(NCC)cc2)cc1/C=C(\CCC)C1CC1. The average molecular weight is 433 g/mol. The quantitative estimate of drug-likeness (QED) is 0.414. The second kappa shape index (κ2) is 11.7. The Morgan fingerprint density at radius 1 is 1.16 bits per heavy atom. The van der Waals surface area contributed by atoms with Gasteiger partial charge < -0.3 is 15.4 Å². The molecule has 0 aromatic heterocycles. The van der Waals surface area contributed by atoms with Crippen molar-refractivity contribution in [3.8, 4) is 0 Å². The number of ether oxygens (including phenoxy) is 1. The minimum atomic E-state index is -0.0669. The highest BCUT2D eigenvalue weighted by Gasteiger charge is 2.25. The monoisotopic (exact) mass is 432 g/mol. The number of benzene rings is 2. The molecule has 0 bridgehead atoms. The van der Waals surface area contributed by atoms with Crippen molar-refractivity contribution < 1.29 is 9.53 Å². The van der Waals surface area contributed by atoms with Crippen LogP contribution in [-0.4, -0.2) is 26.2 Å². The van der Waals surface area contributed by atoms with E-state index in [0.29, 0.717) is 24.6 Å². The van der Waals surface area contributed by atoms with E-state index in [1.165, 1.54) is 18.4 Å². The molecule has 0 radical (unpaired) electrons. The zero-order chi connectivity index (χ0) is 22.9. The molecule has 2 aromatic carbocycles. The minimum absolute atomic E-state index is 0.0669. The number of allylic oxidation sites excluding steroid dienone is 1. The number of amides is 1. The van der Waals surface area contributed by atoms with Gasteiger partial charge in [-0.05, 0) is 78.6 Å². The van der Waals surface area contributed by atoms with Crippen LogP contribution in [0.2, 0.25) is 0 Å². The summed E-state index contributed by atoms with van der Waals surface area (Å²) in [5.41, 5.74) is 7.35. The van der Waals surface area contributed by atoms with Crippen LogP contribution >= 0.6 is 0 Å². The lowest BCUT2D eigenvalue weighted by Crippen LogP contribution is -2.23. The van der Waals surface area contributed by atoms with E-state index in [2.05, 4.69) is 37.1 Å². The molecule has 0 unspecified atom stereocenters. The normalized spacial score (nSPS) is 13.7. The van der Waals surface area contributed by atoms with E-state index in [1.54, 1.807) is 7.11 Å². The average Bonchev–Trinajstić information content (AvgIpc) is 3.64. The Balaban J connectivity index is 1.79. The summed E-state index contributed by atoms with van der Waals surface area (Å²) < 4.78 is 5.31. The first-order chi connectivity index (χ1) is 15.5. The zero-order valence-electron chi connectivity index (χ0n) is 19.7. The predicted octanol–water partition coefficient (Wildman–Crippen LogP) is 6.30. The largest absolute Gasteiger partial charge is 0.385 e. The number of rotatable bonds is 12. The molecule has 1 fully saturated rings. The van der Waals surface area contributed by atoms with Gasteiger partial charge >= 0.3 is 0 Å². The van der Waals surface area contributed by atoms with Crippen LogP contribution in [-0.2, 0) is 11.3 Å². The standard InChI is InChI=1S/C28H36N2O2/c1-5-7-23(22-10-11-22)16-25-17-24(12-15-27(25)20(3)19-32-4)28(31)30-18-21-8-13-26(14-9-21)29-6-2/h8-9,12-17,22,29H,3,5-7,10-11,18-19H2,1-2,4H3,(H,30,31)/b23-16+. The van der Waals surface area contributed by atoms with Gasteiger partial charge in [0, 0.05) is 31.5 Å². The van der Waals surface area contributed by atoms with Gasteiger partial charge in [0.25, 0.3) is 5.91 Å². The first kappa shape index (κ1) is 23.8. The molecule has 32 heavy (non-hydrogen) atoms. The fraction of sp³-hybridized carbons (Fsp3) is 0.393. The number of methoxy groups -OCH3 is 1. The number of nitrogens with one attached hydrogen (secondary N) is 2. The fourth-order valence-electron chi connectivity index (χ4n) is 3.96. The van der Waals surface area contributed by atoms with Crippen LogP contribution in [0.15, 0.2) is 54.6 Å². The van der Waals surface area contributed by atoms with Crippen molar-refractivity contribution >= 4 is 23.2 Å². The van der Waals surface area contributed by atoms with Gasteiger partial charge in [-0.25, -0.2) is 0 Å². The molecule has 0 saturated heterocycles. The minimum Gasteiger partial charge on any atom is -0.385 e. The van der Waals surface area contributed by atoms with Crippen LogP contribution < -0.4 is 10.6 Å². The molecule has 2 N–H and O–H groups in total. The lowest BCUT2D eigenvalue weighted by molar-refractivity contribution is 0.0951. The highest BCUT2D eigenvalue weighted by atomic mass is 16.5. The van der Waals surface area contributed by atoms with Crippen molar-refractivity contribution in [2.24, 2.45) is 5.92 Å². The van der Waals surface area contributed by atoms with Crippen molar-refractivity contribution in [3.05, 3.63) is 76.9 Å². The summed E-state index contributed by atoms with van der Waals surface area (Å²) in [5, 5.41) is 6.34. The van der Waals surface area contributed by atoms with Crippen molar-refractivity contribution in [3.63, 3.8) is 0 Å². The topological polar surface area (TPSA) is 50.4 Å². The summed E-state index contributed by atoms with van der Waals surface area (Å²) in [4.78, 5) is 12.9. The third-order valence-electron chi connectivity index (χ3n) is 5.78. The predicted molar refractivity (Wildman–Crippen MR) is 135 cm³/mol. The van der Waals surface area contributed by atoms with E-state index >= 15 is 0 Å². The summed E-state index contributed by atoms with van der Waals surface area (Å²) in [5.74, 6) is 0.629. The second-order valence-corrected chi connectivity index (χ2v) is 8.49. The Kier molecular flexibility index (Phi) is 8.69. The van der Waals surface area contributed by atoms with Crippen LogP contribution in [0.25, 0.3) is 11.6 Å². The lowest BCUT2D eigenvalue weighted by Gasteiger charge is -2.14. The van der Waals surface area contributed by atoms with Crippen LogP contribution in [0.4, 0.5) is 5.69 Å². The molecule has 1 aliphatic rings. The zero-order valence-corrected chi connectivity index (χ0v) is 19.7. The Hall–Kier alpha value is -2.85. The fourth-order valence-corrected chi connectivity index (χ4v) is 3.96. The molecule has 0 aliphatic heterocycles. The number of carbonyl (C=O) groups is 1. The van der Waals surface area contributed by atoms with Gasteiger partial charge in [0.15, 0.2) is 0 Å². The molecule has 4 heteroatoms. The maximum absolute atomic E-state index is 12.9. The Labute approximate surface area is 192 Å². The molecule has 170 valence electrons. The number of hydrogen-bond donors (Lipinski definition) is 2. The Bertz CT molecular complexity index is 956. The van der Waals surface area contributed by atoms with Crippen LogP contribution in [0.1, 0.15) is 66.6 Å². The molecule has 1 amide bonds. The number of hydrogen-bond acceptors (Lipinski definition) is 3. The maximum atomic E-state index is 12.9. The van der Waals surface area contributed by atoms with Gasteiger partial charge in [-0.1, -0.05) is 49.8 Å². The van der Waals surface area contributed by atoms with Crippen LogP contribution in [0.3, 0.4) is 0 Å². The van der Waals surface area contributed by atoms with Gasteiger partial charge in [-0.15, -0.1) is 0 Å². The van der Waals surface area contributed by atoms with E-state index in [4.69, 9.17) is 4.74 Å². The first-order valence-electron chi connectivity index (χ1n) is 11.7. The summed E-state index contributed by atoms with van der Waals surface area (Å²) >= 11 is 0. The molecule has 1 aliphatic carbocycles.